The van der Waals surface area contributed by atoms with Gasteiger partial charge in [0, 0.05) is 10.8 Å². The highest BCUT2D eigenvalue weighted by atomic mass is 32.1. The number of hydrogen-bond donors (Lipinski definition) is 0. The molecule has 0 aliphatic carbocycles. The molecule has 4 heterocycles. The first-order valence-electron chi connectivity index (χ1n) is 6.73. The Bertz CT molecular complexity index is 776. The van der Waals surface area contributed by atoms with Crippen LogP contribution in [0.2, 0.25) is 0 Å². The van der Waals surface area contributed by atoms with Crippen LogP contribution in [0.3, 0.4) is 0 Å². The van der Waals surface area contributed by atoms with Crippen LogP contribution >= 0.6 is 22.7 Å². The second-order valence-electron chi connectivity index (χ2n) is 4.62. The first kappa shape index (κ1) is 13.2. The van der Waals surface area contributed by atoms with E-state index in [1.54, 1.807) is 22.7 Å². The fraction of sp³-hybridized carbons (Fsp3) is 0. The summed E-state index contributed by atoms with van der Waals surface area (Å²) in [6, 6.07) is 8.41. The van der Waals surface area contributed by atoms with Crippen LogP contribution in [-0.4, -0.2) is 9.97 Å². The van der Waals surface area contributed by atoms with Crippen molar-refractivity contribution in [1.82, 2.24) is 9.97 Å². The van der Waals surface area contributed by atoms with Gasteiger partial charge in [0.25, 0.3) is 0 Å². The molecule has 0 radical (unpaired) electrons. The monoisotopic (exact) mass is 324 g/mol. The second kappa shape index (κ2) is 5.75. The first-order valence-corrected chi connectivity index (χ1v) is 8.49. The van der Waals surface area contributed by atoms with Crippen LogP contribution in [-0.2, 0) is 0 Å². The molecule has 0 fully saturated rings. The topological polar surface area (TPSA) is 33.5 Å². The molecule has 106 valence electrons. The molecule has 0 atom stereocenters. The molecule has 0 aliphatic rings. The van der Waals surface area contributed by atoms with Crippen molar-refractivity contribution < 1.29 is 9.13 Å². The van der Waals surface area contributed by atoms with E-state index in [9.17, 15) is 0 Å². The zero-order valence-corrected chi connectivity index (χ0v) is 13.2. The summed E-state index contributed by atoms with van der Waals surface area (Å²) in [5.41, 5.74) is 2.36. The molecule has 4 rings (SSSR count). The van der Waals surface area contributed by atoms with Gasteiger partial charge in [-0.2, -0.15) is 9.13 Å². The first-order chi connectivity index (χ1) is 10.9. The molecular formula is C16H12N4S2+2. The Labute approximate surface area is 135 Å². The van der Waals surface area contributed by atoms with Crippen molar-refractivity contribution in [2.45, 2.75) is 0 Å². The molecule has 4 aromatic heterocycles. The molecule has 0 aliphatic heterocycles. The number of thiazole rings is 2. The largest absolute Gasteiger partial charge is 0.386 e. The second-order valence-corrected chi connectivity index (χ2v) is 6.36. The zero-order valence-electron chi connectivity index (χ0n) is 11.5. The highest BCUT2D eigenvalue weighted by Gasteiger charge is 2.10. The number of hydrogen-bond acceptors (Lipinski definition) is 4. The van der Waals surface area contributed by atoms with Gasteiger partial charge in [-0.05, 0) is 45.4 Å². The number of aromatic nitrogens is 4. The Morgan fingerprint density at radius 1 is 0.636 bits per heavy atom. The van der Waals surface area contributed by atoms with Gasteiger partial charge in [0.15, 0.2) is 12.4 Å². The maximum atomic E-state index is 4.30. The average molecular weight is 324 g/mol. The van der Waals surface area contributed by atoms with E-state index in [1.165, 1.54) is 11.1 Å². The molecule has 0 amide bonds. The van der Waals surface area contributed by atoms with Crippen LogP contribution in [0.1, 0.15) is 0 Å². The van der Waals surface area contributed by atoms with Crippen molar-refractivity contribution in [3.05, 3.63) is 72.2 Å². The average Bonchev–Trinajstić information content (AvgIpc) is 3.29. The Morgan fingerprint density at radius 2 is 1.05 bits per heavy atom. The van der Waals surface area contributed by atoms with Gasteiger partial charge in [0.05, 0.1) is 24.8 Å². The van der Waals surface area contributed by atoms with Crippen LogP contribution in [0.5, 0.6) is 0 Å². The van der Waals surface area contributed by atoms with Crippen LogP contribution in [0.4, 0.5) is 0 Å². The van der Waals surface area contributed by atoms with Crippen molar-refractivity contribution in [1.29, 1.82) is 0 Å². The lowest BCUT2D eigenvalue weighted by molar-refractivity contribution is -0.595. The van der Waals surface area contributed by atoms with Gasteiger partial charge < -0.3 is 0 Å². The highest BCUT2D eigenvalue weighted by Crippen LogP contribution is 2.17. The lowest BCUT2D eigenvalue weighted by Crippen LogP contribution is -2.29. The maximum absolute atomic E-state index is 4.30. The zero-order chi connectivity index (χ0) is 14.8. The normalized spacial score (nSPS) is 10.7. The Balaban J connectivity index is 1.62. The van der Waals surface area contributed by atoms with Crippen LogP contribution in [0.25, 0.3) is 21.4 Å². The Morgan fingerprint density at radius 3 is 1.36 bits per heavy atom. The lowest BCUT2D eigenvalue weighted by Gasteiger charge is -2.01. The van der Waals surface area contributed by atoms with Crippen molar-refractivity contribution in [3.8, 4) is 21.4 Å². The summed E-state index contributed by atoms with van der Waals surface area (Å²) in [5.74, 6) is 0. The third kappa shape index (κ3) is 2.54. The van der Waals surface area contributed by atoms with Crippen molar-refractivity contribution in [3.63, 3.8) is 0 Å². The summed E-state index contributed by atoms with van der Waals surface area (Å²) in [7, 11) is 0. The predicted molar refractivity (Wildman–Crippen MR) is 86.3 cm³/mol. The molecule has 22 heavy (non-hydrogen) atoms. The van der Waals surface area contributed by atoms with Gasteiger partial charge in [0.2, 0.25) is 0 Å². The Kier molecular flexibility index (Phi) is 3.46. The van der Waals surface area contributed by atoms with E-state index in [0.29, 0.717) is 0 Å². The van der Waals surface area contributed by atoms with Crippen LogP contribution in [0, 0.1) is 0 Å². The molecule has 0 saturated carbocycles. The summed E-state index contributed by atoms with van der Waals surface area (Å²) < 4.78 is 4.04. The van der Waals surface area contributed by atoms with Crippen molar-refractivity contribution in [2.24, 2.45) is 0 Å². The van der Waals surface area contributed by atoms with Gasteiger partial charge in [-0.15, -0.1) is 0 Å². The van der Waals surface area contributed by atoms with Gasteiger partial charge >= 0.3 is 10.3 Å². The molecule has 0 unspecified atom stereocenters. The fourth-order valence-electron chi connectivity index (χ4n) is 2.18. The lowest BCUT2D eigenvalue weighted by atomic mass is 10.1. The van der Waals surface area contributed by atoms with E-state index in [1.807, 2.05) is 57.1 Å². The molecule has 0 bridgehead atoms. The smallest absolute Gasteiger partial charge is 0.194 e. The van der Waals surface area contributed by atoms with E-state index < -0.39 is 0 Å². The minimum Gasteiger partial charge on any atom is -0.194 e. The molecular weight excluding hydrogens is 312 g/mol. The quantitative estimate of drug-likeness (QED) is 0.543. The third-order valence-electron chi connectivity index (χ3n) is 3.27. The minimum absolute atomic E-state index is 0.973. The molecule has 4 aromatic rings. The molecule has 0 spiro atoms. The molecule has 0 aromatic carbocycles. The maximum Gasteiger partial charge on any atom is 0.386 e. The van der Waals surface area contributed by atoms with Crippen LogP contribution < -0.4 is 9.13 Å². The highest BCUT2D eigenvalue weighted by molar-refractivity contribution is 7.11. The van der Waals surface area contributed by atoms with Crippen molar-refractivity contribution >= 4 is 22.7 Å². The summed E-state index contributed by atoms with van der Waals surface area (Å²) in [6.45, 7) is 0. The summed E-state index contributed by atoms with van der Waals surface area (Å²) in [6.07, 6.45) is 11.8. The SMILES string of the molecule is c1csc(-[n+]2ccc(-c3cc[n+](-c4nccs4)cc3)cc2)n1. The van der Waals surface area contributed by atoms with E-state index >= 15 is 0 Å². The van der Waals surface area contributed by atoms with Crippen molar-refractivity contribution in [2.75, 3.05) is 0 Å². The summed E-state index contributed by atoms with van der Waals surface area (Å²) in [4.78, 5) is 8.60. The van der Waals surface area contributed by atoms with E-state index in [4.69, 9.17) is 0 Å². The number of nitrogens with zero attached hydrogens (tertiary/aromatic N) is 4. The van der Waals surface area contributed by atoms with E-state index in [2.05, 4.69) is 34.2 Å². The van der Waals surface area contributed by atoms with E-state index in [0.717, 1.165) is 10.3 Å². The van der Waals surface area contributed by atoms with E-state index in [-0.39, 0.29) is 0 Å². The predicted octanol–water partition coefficient (Wildman–Crippen LogP) is 2.82. The molecule has 4 nitrogen and oxygen atoms in total. The number of pyridine rings is 2. The molecule has 6 heteroatoms. The third-order valence-corrected chi connectivity index (χ3v) is 4.84. The van der Waals surface area contributed by atoms with Gasteiger partial charge in [-0.1, -0.05) is 22.7 Å². The fourth-order valence-corrected chi connectivity index (χ4v) is 3.40. The van der Waals surface area contributed by atoms with Gasteiger partial charge in [-0.25, -0.2) is 0 Å². The van der Waals surface area contributed by atoms with Gasteiger partial charge in [-0.3, -0.25) is 0 Å². The molecule has 0 saturated heterocycles. The minimum atomic E-state index is 0.973. The van der Waals surface area contributed by atoms with Crippen LogP contribution in [0.15, 0.2) is 72.2 Å². The molecule has 0 N–H and O–H groups in total. The van der Waals surface area contributed by atoms with Gasteiger partial charge in [0.1, 0.15) is 0 Å². The number of rotatable bonds is 3. The summed E-state index contributed by atoms with van der Waals surface area (Å²) in [5, 5.41) is 5.90. The Hall–Kier alpha value is -2.44. The summed E-state index contributed by atoms with van der Waals surface area (Å²) >= 11 is 3.24. The standard InChI is InChI=1S/C16H12N4S2/c1-7-19(15-17-5-11-21-15)8-2-13(1)14-3-9-20(10-4-14)16-18-6-12-22-16/h1-12H/q+2.